The van der Waals surface area contributed by atoms with Crippen LogP contribution >= 0.6 is 11.6 Å². The van der Waals surface area contributed by atoms with Gasteiger partial charge in [0.25, 0.3) is 0 Å². The first-order chi connectivity index (χ1) is 11.1. The molecule has 2 aromatic carbocycles. The van der Waals surface area contributed by atoms with Crippen molar-refractivity contribution in [1.29, 1.82) is 5.26 Å². The van der Waals surface area contributed by atoms with Crippen molar-refractivity contribution in [2.75, 3.05) is 5.73 Å². The summed E-state index contributed by atoms with van der Waals surface area (Å²) in [6.07, 6.45) is 0. The van der Waals surface area contributed by atoms with E-state index in [1.54, 1.807) is 30.3 Å². The molecule has 0 saturated carbocycles. The minimum absolute atomic E-state index is 0.138. The highest BCUT2D eigenvalue weighted by molar-refractivity contribution is 6.30. The summed E-state index contributed by atoms with van der Waals surface area (Å²) in [5, 5.41) is 9.97. The molecule has 3 rings (SSSR count). The Balaban J connectivity index is 2.20. The third-order valence-corrected chi connectivity index (χ3v) is 3.71. The van der Waals surface area contributed by atoms with Crippen molar-refractivity contribution in [1.82, 2.24) is 4.98 Å². The molecule has 0 fully saturated rings. The molecule has 1 aromatic heterocycles. The second-order valence-corrected chi connectivity index (χ2v) is 5.38. The normalized spacial score (nSPS) is 10.3. The average molecular weight is 324 g/mol. The van der Waals surface area contributed by atoms with E-state index in [0.29, 0.717) is 21.8 Å². The number of hydrogen-bond acceptors (Lipinski definition) is 3. The van der Waals surface area contributed by atoms with Gasteiger partial charge in [0.15, 0.2) is 0 Å². The van der Waals surface area contributed by atoms with Gasteiger partial charge < -0.3 is 5.73 Å². The van der Waals surface area contributed by atoms with E-state index in [4.69, 9.17) is 17.3 Å². The summed E-state index contributed by atoms with van der Waals surface area (Å²) in [6.45, 7) is 0. The molecular weight excluding hydrogens is 313 g/mol. The van der Waals surface area contributed by atoms with Gasteiger partial charge in [-0.3, -0.25) is 0 Å². The number of nitrogens with zero attached hydrogens (tertiary/aromatic N) is 2. The lowest BCUT2D eigenvalue weighted by Crippen LogP contribution is -1.99. The van der Waals surface area contributed by atoms with Gasteiger partial charge in [-0.25, -0.2) is 9.37 Å². The molecule has 1 heterocycles. The topological polar surface area (TPSA) is 62.7 Å². The smallest absolute Gasteiger partial charge is 0.142 e. The van der Waals surface area contributed by atoms with E-state index >= 15 is 0 Å². The molecule has 23 heavy (non-hydrogen) atoms. The van der Waals surface area contributed by atoms with Crippen molar-refractivity contribution in [3.63, 3.8) is 0 Å². The zero-order valence-corrected chi connectivity index (χ0v) is 12.7. The maximum Gasteiger partial charge on any atom is 0.142 e. The molecule has 3 aromatic rings. The second kappa shape index (κ2) is 6.07. The van der Waals surface area contributed by atoms with Crippen LogP contribution in [0.4, 0.5) is 10.2 Å². The van der Waals surface area contributed by atoms with Gasteiger partial charge in [0.2, 0.25) is 0 Å². The lowest BCUT2D eigenvalue weighted by Gasteiger charge is -2.10. The van der Waals surface area contributed by atoms with E-state index in [1.165, 1.54) is 12.1 Å². The van der Waals surface area contributed by atoms with Crippen molar-refractivity contribution in [3.05, 3.63) is 71.0 Å². The lowest BCUT2D eigenvalue weighted by molar-refractivity contribution is 0.628. The third kappa shape index (κ3) is 3.01. The number of anilines is 1. The van der Waals surface area contributed by atoms with Crippen LogP contribution in [-0.2, 0) is 0 Å². The Bertz CT molecular complexity index is 897. The number of nitriles is 1. The maximum atomic E-state index is 13.1. The molecule has 0 radical (unpaired) electrons. The highest BCUT2D eigenvalue weighted by atomic mass is 35.5. The van der Waals surface area contributed by atoms with Crippen LogP contribution in [-0.4, -0.2) is 4.98 Å². The number of benzene rings is 2. The van der Waals surface area contributed by atoms with Crippen LogP contribution in [0.2, 0.25) is 5.02 Å². The first kappa shape index (κ1) is 15.0. The fourth-order valence-corrected chi connectivity index (χ4v) is 2.43. The van der Waals surface area contributed by atoms with Gasteiger partial charge in [-0.1, -0.05) is 35.9 Å². The van der Waals surface area contributed by atoms with Gasteiger partial charge in [-0.15, -0.1) is 0 Å². The SMILES string of the molecule is N#Cc1c(-c2ccc(F)cc2)cc(-c2ccc(Cl)cc2)nc1N. The van der Waals surface area contributed by atoms with Crippen LogP contribution in [0.1, 0.15) is 5.56 Å². The monoisotopic (exact) mass is 323 g/mol. The van der Waals surface area contributed by atoms with Gasteiger partial charge >= 0.3 is 0 Å². The Hall–Kier alpha value is -2.90. The Morgan fingerprint density at radius 2 is 1.61 bits per heavy atom. The summed E-state index contributed by atoms with van der Waals surface area (Å²) in [4.78, 5) is 4.29. The summed E-state index contributed by atoms with van der Waals surface area (Å²) in [5.41, 5.74) is 8.97. The van der Waals surface area contributed by atoms with Crippen molar-refractivity contribution < 1.29 is 4.39 Å². The molecule has 0 saturated heterocycles. The quantitative estimate of drug-likeness (QED) is 0.746. The Morgan fingerprint density at radius 3 is 2.22 bits per heavy atom. The number of hydrogen-bond donors (Lipinski definition) is 1. The van der Waals surface area contributed by atoms with E-state index in [2.05, 4.69) is 11.1 Å². The van der Waals surface area contributed by atoms with Crippen LogP contribution in [0.15, 0.2) is 54.6 Å². The highest BCUT2D eigenvalue weighted by Gasteiger charge is 2.13. The summed E-state index contributed by atoms with van der Waals surface area (Å²) >= 11 is 5.90. The Morgan fingerprint density at radius 1 is 1.00 bits per heavy atom. The van der Waals surface area contributed by atoms with Gasteiger partial charge in [-0.05, 0) is 35.9 Å². The van der Waals surface area contributed by atoms with Crippen LogP contribution in [0.25, 0.3) is 22.4 Å². The summed E-state index contributed by atoms with van der Waals surface area (Å²) in [6, 6.07) is 16.9. The third-order valence-electron chi connectivity index (χ3n) is 3.45. The number of pyridine rings is 1. The first-order valence-electron chi connectivity index (χ1n) is 6.81. The number of aromatic nitrogens is 1. The molecule has 2 N–H and O–H groups in total. The molecule has 0 spiro atoms. The molecule has 0 aliphatic carbocycles. The largest absolute Gasteiger partial charge is 0.383 e. The van der Waals surface area contributed by atoms with Gasteiger partial charge in [-0.2, -0.15) is 5.26 Å². The molecule has 0 unspecified atom stereocenters. The van der Waals surface area contributed by atoms with E-state index in [1.807, 2.05) is 12.1 Å². The van der Waals surface area contributed by atoms with E-state index in [9.17, 15) is 9.65 Å². The number of rotatable bonds is 2. The number of nitrogen functional groups attached to an aromatic ring is 1. The fraction of sp³-hybridized carbons (Fsp3) is 0. The molecule has 0 atom stereocenters. The van der Waals surface area contributed by atoms with Crippen LogP contribution < -0.4 is 5.73 Å². The van der Waals surface area contributed by atoms with Gasteiger partial charge in [0, 0.05) is 16.1 Å². The predicted molar refractivity (Wildman–Crippen MR) is 89.2 cm³/mol. The minimum Gasteiger partial charge on any atom is -0.383 e. The van der Waals surface area contributed by atoms with Crippen LogP contribution in [0.3, 0.4) is 0 Å². The summed E-state index contributed by atoms with van der Waals surface area (Å²) in [5.74, 6) is -0.202. The molecule has 0 aliphatic heterocycles. The summed E-state index contributed by atoms with van der Waals surface area (Å²) in [7, 11) is 0. The molecule has 0 bridgehead atoms. The minimum atomic E-state index is -0.341. The Kier molecular flexibility index (Phi) is 3.96. The Labute approximate surface area is 137 Å². The standard InChI is InChI=1S/C18H11ClFN3/c19-13-5-1-12(2-6-13)17-9-15(16(10-21)18(22)23-17)11-3-7-14(20)8-4-11/h1-9H,(H2,22,23). The van der Waals surface area contributed by atoms with Crippen molar-refractivity contribution >= 4 is 17.4 Å². The van der Waals surface area contributed by atoms with Crippen molar-refractivity contribution in [3.8, 4) is 28.5 Å². The average Bonchev–Trinajstić information content (AvgIpc) is 2.55. The van der Waals surface area contributed by atoms with Gasteiger partial charge in [0.1, 0.15) is 23.3 Å². The van der Waals surface area contributed by atoms with Crippen molar-refractivity contribution in [2.45, 2.75) is 0 Å². The molecular formula is C18H11ClFN3. The predicted octanol–water partition coefficient (Wildman–Crippen LogP) is 4.66. The summed E-state index contributed by atoms with van der Waals surface area (Å²) < 4.78 is 13.1. The zero-order valence-electron chi connectivity index (χ0n) is 11.9. The first-order valence-corrected chi connectivity index (χ1v) is 7.19. The molecule has 112 valence electrons. The lowest BCUT2D eigenvalue weighted by atomic mass is 9.98. The highest BCUT2D eigenvalue weighted by Crippen LogP contribution is 2.31. The van der Waals surface area contributed by atoms with E-state index < -0.39 is 0 Å². The van der Waals surface area contributed by atoms with E-state index in [-0.39, 0.29) is 17.2 Å². The molecule has 0 amide bonds. The number of halogens is 2. The zero-order chi connectivity index (χ0) is 16.4. The van der Waals surface area contributed by atoms with Gasteiger partial charge in [0.05, 0.1) is 5.69 Å². The molecule has 0 aliphatic rings. The van der Waals surface area contributed by atoms with Crippen molar-refractivity contribution in [2.24, 2.45) is 0 Å². The molecule has 5 heteroatoms. The van der Waals surface area contributed by atoms with Crippen LogP contribution in [0, 0.1) is 17.1 Å². The molecule has 3 nitrogen and oxygen atoms in total. The maximum absolute atomic E-state index is 13.1. The second-order valence-electron chi connectivity index (χ2n) is 4.94. The fourth-order valence-electron chi connectivity index (χ4n) is 2.31. The van der Waals surface area contributed by atoms with E-state index in [0.717, 1.165) is 5.56 Å². The van der Waals surface area contributed by atoms with Crippen LogP contribution in [0.5, 0.6) is 0 Å². The number of nitrogens with two attached hydrogens (primary N) is 1.